The molecule has 0 saturated heterocycles. The van der Waals surface area contributed by atoms with Gasteiger partial charge in [-0.25, -0.2) is 0 Å². The van der Waals surface area contributed by atoms with Gasteiger partial charge in [0, 0.05) is 23.5 Å². The minimum atomic E-state index is -0.939. The summed E-state index contributed by atoms with van der Waals surface area (Å²) in [6.07, 6.45) is 0. The molecule has 2 heterocycles. The first-order valence-corrected chi connectivity index (χ1v) is 9.04. The molecule has 1 unspecified atom stereocenters. The molecule has 1 aromatic heterocycles. The van der Waals surface area contributed by atoms with E-state index in [1.165, 1.54) is 10.6 Å². The minimum absolute atomic E-state index is 0.620. The molecule has 0 saturated carbocycles. The molecule has 0 aliphatic carbocycles. The van der Waals surface area contributed by atoms with E-state index in [0.29, 0.717) is 5.92 Å². The topological polar surface area (TPSA) is 26.7 Å². The molecule has 124 valence electrons. The van der Waals surface area contributed by atoms with Crippen LogP contribution < -0.4 is 4.90 Å². The third kappa shape index (κ3) is 3.30. The summed E-state index contributed by atoms with van der Waals surface area (Å²) in [5.41, 5.74) is 1.34. The minimum Gasteiger partial charge on any atom is -0.380 e. The fourth-order valence-electron chi connectivity index (χ4n) is 3.22. The summed E-state index contributed by atoms with van der Waals surface area (Å²) >= 11 is 1.74. The molecule has 1 N–H and O–H groups in total. The maximum Gasteiger partial charge on any atom is 0.121 e. The second-order valence-corrected chi connectivity index (χ2v) is 8.18. The van der Waals surface area contributed by atoms with Crippen LogP contribution in [0.5, 0.6) is 0 Å². The molecule has 0 bridgehead atoms. The van der Waals surface area contributed by atoms with Gasteiger partial charge >= 0.3 is 0 Å². The lowest BCUT2D eigenvalue weighted by Crippen LogP contribution is -2.41. The number of anilines is 1. The standard InChI is InChI=1S/C19H26N2OS/c1-14(2)11-21-13-20(4)12-15-10-17(23-18(15)21)19(3,22)16-8-6-5-7-9-16/h5-10,14,22H,11-13H2,1-4H3. The maximum atomic E-state index is 11.1. The van der Waals surface area contributed by atoms with E-state index in [4.69, 9.17) is 0 Å². The van der Waals surface area contributed by atoms with E-state index in [2.05, 4.69) is 36.8 Å². The number of fused-ring (bicyclic) bond motifs is 1. The first kappa shape index (κ1) is 16.5. The molecule has 1 aromatic carbocycles. The van der Waals surface area contributed by atoms with Gasteiger partial charge in [0.05, 0.1) is 11.7 Å². The van der Waals surface area contributed by atoms with Gasteiger partial charge in [-0.1, -0.05) is 44.2 Å². The van der Waals surface area contributed by atoms with E-state index in [0.717, 1.165) is 30.2 Å². The highest BCUT2D eigenvalue weighted by Crippen LogP contribution is 2.42. The van der Waals surface area contributed by atoms with Crippen LogP contribution in [0.3, 0.4) is 0 Å². The third-order valence-corrected chi connectivity index (χ3v) is 5.78. The van der Waals surface area contributed by atoms with Gasteiger partial charge in [-0.2, -0.15) is 0 Å². The summed E-state index contributed by atoms with van der Waals surface area (Å²) in [5.74, 6) is 0.620. The molecule has 0 amide bonds. The lowest BCUT2D eigenvalue weighted by Gasteiger charge is -2.35. The summed E-state index contributed by atoms with van der Waals surface area (Å²) in [7, 11) is 2.16. The summed E-state index contributed by atoms with van der Waals surface area (Å²) in [6.45, 7) is 9.36. The number of thiophene rings is 1. The van der Waals surface area contributed by atoms with Crippen LogP contribution in [0.4, 0.5) is 5.00 Å². The number of rotatable bonds is 4. The van der Waals surface area contributed by atoms with Crippen molar-refractivity contribution in [2.45, 2.75) is 32.9 Å². The van der Waals surface area contributed by atoms with E-state index in [1.54, 1.807) is 11.3 Å². The fraction of sp³-hybridized carbons (Fsp3) is 0.474. The fourth-order valence-corrected chi connectivity index (χ4v) is 4.46. The number of nitrogens with zero attached hydrogens (tertiary/aromatic N) is 2. The van der Waals surface area contributed by atoms with Gasteiger partial charge in [0.25, 0.3) is 0 Å². The van der Waals surface area contributed by atoms with Crippen LogP contribution in [-0.4, -0.2) is 30.3 Å². The Hall–Kier alpha value is -1.36. The molecule has 1 aliphatic rings. The summed E-state index contributed by atoms with van der Waals surface area (Å²) in [5, 5.41) is 12.4. The average molecular weight is 330 g/mol. The first-order valence-electron chi connectivity index (χ1n) is 8.22. The Morgan fingerprint density at radius 3 is 2.61 bits per heavy atom. The van der Waals surface area contributed by atoms with E-state index in [9.17, 15) is 5.11 Å². The molecule has 23 heavy (non-hydrogen) atoms. The molecule has 3 rings (SSSR count). The van der Waals surface area contributed by atoms with Crippen molar-refractivity contribution in [2.24, 2.45) is 5.92 Å². The van der Waals surface area contributed by atoms with E-state index >= 15 is 0 Å². The van der Waals surface area contributed by atoms with Gasteiger partial charge in [0.15, 0.2) is 0 Å². The SMILES string of the molecule is CC(C)CN1CN(C)Cc2cc(C(C)(O)c3ccccc3)sc21. The van der Waals surface area contributed by atoms with Gasteiger partial charge in [0.2, 0.25) is 0 Å². The van der Waals surface area contributed by atoms with Crippen molar-refractivity contribution in [1.29, 1.82) is 0 Å². The lowest BCUT2D eigenvalue weighted by molar-refractivity contribution is 0.106. The number of hydrogen-bond donors (Lipinski definition) is 1. The number of hydrogen-bond acceptors (Lipinski definition) is 4. The molecule has 0 spiro atoms. The Balaban J connectivity index is 1.97. The van der Waals surface area contributed by atoms with Crippen LogP contribution in [0.25, 0.3) is 0 Å². The van der Waals surface area contributed by atoms with Crippen molar-refractivity contribution in [2.75, 3.05) is 25.2 Å². The molecular weight excluding hydrogens is 304 g/mol. The van der Waals surface area contributed by atoms with Crippen molar-refractivity contribution in [3.63, 3.8) is 0 Å². The Morgan fingerprint density at radius 1 is 1.26 bits per heavy atom. The average Bonchev–Trinajstić information content (AvgIpc) is 2.92. The Kier molecular flexibility index (Phi) is 4.50. The van der Waals surface area contributed by atoms with Gasteiger partial charge in [0.1, 0.15) is 5.60 Å². The highest BCUT2D eigenvalue weighted by atomic mass is 32.1. The van der Waals surface area contributed by atoms with Crippen molar-refractivity contribution in [3.05, 3.63) is 52.4 Å². The lowest BCUT2D eigenvalue weighted by atomic mass is 9.94. The molecule has 3 nitrogen and oxygen atoms in total. The molecule has 4 heteroatoms. The summed E-state index contributed by atoms with van der Waals surface area (Å²) < 4.78 is 0. The van der Waals surface area contributed by atoms with Crippen LogP contribution >= 0.6 is 11.3 Å². The van der Waals surface area contributed by atoms with Crippen LogP contribution in [0.2, 0.25) is 0 Å². The van der Waals surface area contributed by atoms with Crippen LogP contribution in [0.1, 0.15) is 36.8 Å². The molecular formula is C19H26N2OS. The molecule has 2 aromatic rings. The summed E-state index contributed by atoms with van der Waals surface area (Å²) in [4.78, 5) is 5.80. The largest absolute Gasteiger partial charge is 0.380 e. The monoisotopic (exact) mass is 330 g/mol. The maximum absolute atomic E-state index is 11.1. The molecule has 1 atom stereocenters. The van der Waals surface area contributed by atoms with Crippen molar-refractivity contribution in [1.82, 2.24) is 4.90 Å². The second-order valence-electron chi connectivity index (χ2n) is 7.15. The Morgan fingerprint density at radius 2 is 1.96 bits per heavy atom. The Bertz CT molecular complexity index is 663. The first-order chi connectivity index (χ1) is 10.9. The van der Waals surface area contributed by atoms with Crippen molar-refractivity contribution < 1.29 is 5.11 Å². The number of benzene rings is 1. The molecule has 0 radical (unpaired) electrons. The Labute approximate surface area is 143 Å². The highest BCUT2D eigenvalue weighted by molar-refractivity contribution is 7.16. The normalized spacial score (nSPS) is 18.1. The summed E-state index contributed by atoms with van der Waals surface area (Å²) in [6, 6.07) is 12.1. The zero-order valence-electron chi connectivity index (χ0n) is 14.4. The van der Waals surface area contributed by atoms with E-state index in [-0.39, 0.29) is 0 Å². The van der Waals surface area contributed by atoms with E-state index < -0.39 is 5.60 Å². The van der Waals surface area contributed by atoms with E-state index in [1.807, 2.05) is 37.3 Å². The highest BCUT2D eigenvalue weighted by Gasteiger charge is 2.32. The second kappa shape index (κ2) is 6.27. The molecule has 0 fully saturated rings. The zero-order chi connectivity index (χ0) is 16.6. The smallest absolute Gasteiger partial charge is 0.121 e. The van der Waals surface area contributed by atoms with Crippen molar-refractivity contribution >= 4 is 16.3 Å². The van der Waals surface area contributed by atoms with Crippen LogP contribution in [0.15, 0.2) is 36.4 Å². The van der Waals surface area contributed by atoms with Gasteiger partial charge < -0.3 is 10.0 Å². The van der Waals surface area contributed by atoms with Crippen LogP contribution in [-0.2, 0) is 12.1 Å². The van der Waals surface area contributed by atoms with Crippen LogP contribution in [0, 0.1) is 5.92 Å². The predicted molar refractivity (Wildman–Crippen MR) is 98.0 cm³/mol. The van der Waals surface area contributed by atoms with Crippen molar-refractivity contribution in [3.8, 4) is 0 Å². The zero-order valence-corrected chi connectivity index (χ0v) is 15.2. The van der Waals surface area contributed by atoms with Gasteiger partial charge in [-0.15, -0.1) is 11.3 Å². The molecule has 1 aliphatic heterocycles. The quantitative estimate of drug-likeness (QED) is 0.922. The van der Waals surface area contributed by atoms with Gasteiger partial charge in [-0.3, -0.25) is 4.90 Å². The van der Waals surface area contributed by atoms with Gasteiger partial charge in [-0.05, 0) is 31.5 Å². The predicted octanol–water partition coefficient (Wildman–Crippen LogP) is 3.87. The third-order valence-electron chi connectivity index (χ3n) is 4.33. The number of aliphatic hydroxyl groups is 1.